The first-order chi connectivity index (χ1) is 11.2. The number of hydrogen-bond acceptors (Lipinski definition) is 3. The van der Waals surface area contributed by atoms with E-state index in [1.165, 1.54) is 12.8 Å². The molecule has 0 aliphatic carbocycles. The van der Waals surface area contributed by atoms with Gasteiger partial charge in [-0.05, 0) is 57.0 Å². The maximum atomic E-state index is 12.7. The highest BCUT2D eigenvalue weighted by atomic mass is 16.3. The Morgan fingerprint density at radius 3 is 2.87 bits per heavy atom. The van der Waals surface area contributed by atoms with Crippen LogP contribution in [-0.4, -0.2) is 36.0 Å². The third-order valence-electron chi connectivity index (χ3n) is 5.47. The van der Waals surface area contributed by atoms with E-state index in [4.69, 9.17) is 10.8 Å². The largest absolute Gasteiger partial charge is 0.463 e. The van der Waals surface area contributed by atoms with Crippen LogP contribution >= 0.6 is 0 Å². The molecule has 1 amide bonds. The van der Waals surface area contributed by atoms with E-state index in [1.54, 1.807) is 12.3 Å². The highest BCUT2D eigenvalue weighted by Crippen LogP contribution is 2.32. The molecule has 2 atom stereocenters. The molecule has 3 aliphatic heterocycles. The molecule has 0 unspecified atom stereocenters. The minimum absolute atomic E-state index is 0.0262. The monoisotopic (exact) mass is 308 g/mol. The van der Waals surface area contributed by atoms with Crippen molar-refractivity contribution in [2.24, 2.45) is 5.92 Å². The molecule has 0 saturated carbocycles. The van der Waals surface area contributed by atoms with E-state index in [1.807, 2.05) is 12.1 Å². The van der Waals surface area contributed by atoms with E-state index in [-0.39, 0.29) is 11.9 Å². The van der Waals surface area contributed by atoms with Crippen molar-refractivity contribution in [3.05, 3.63) is 35.6 Å². The van der Waals surface area contributed by atoms with Gasteiger partial charge in [0.1, 0.15) is 11.8 Å². The molecule has 0 radical (unpaired) electrons. The minimum Gasteiger partial charge on any atom is -0.463 e. The first-order valence-electron chi connectivity index (χ1n) is 8.20. The number of nitrogens with zero attached hydrogens (tertiary/aromatic N) is 1. The summed E-state index contributed by atoms with van der Waals surface area (Å²) in [6, 6.07) is 6.08. The van der Waals surface area contributed by atoms with Crippen LogP contribution in [0.4, 0.5) is 0 Å². The number of carbonyl (C=O) groups excluding carboxylic acids is 1. The second-order valence-electron chi connectivity index (χ2n) is 6.62. The van der Waals surface area contributed by atoms with Crippen LogP contribution in [-0.2, 0) is 0 Å². The van der Waals surface area contributed by atoms with Gasteiger partial charge in [-0.25, -0.2) is 0 Å². The average molecular weight is 308 g/mol. The SMILES string of the molecule is C#Cc1coc2ccc(C(=O)N[C@@H]3C4CCN(CC4)[C@H]3C)cc12. The molecule has 2 aromatic rings. The molecule has 118 valence electrons. The topological polar surface area (TPSA) is 45.5 Å². The van der Waals surface area contributed by atoms with E-state index in [2.05, 4.69) is 23.1 Å². The number of piperidine rings is 3. The number of fused-ring (bicyclic) bond motifs is 4. The van der Waals surface area contributed by atoms with Gasteiger partial charge in [0.05, 0.1) is 5.56 Å². The smallest absolute Gasteiger partial charge is 0.251 e. The van der Waals surface area contributed by atoms with Gasteiger partial charge in [0.25, 0.3) is 5.91 Å². The molecule has 0 spiro atoms. The lowest BCUT2D eigenvalue weighted by Gasteiger charge is -2.49. The number of carbonyl (C=O) groups is 1. The fourth-order valence-corrected chi connectivity index (χ4v) is 4.06. The highest BCUT2D eigenvalue weighted by Gasteiger charge is 2.40. The Morgan fingerprint density at radius 1 is 1.39 bits per heavy atom. The van der Waals surface area contributed by atoms with Crippen molar-refractivity contribution in [1.82, 2.24) is 10.2 Å². The van der Waals surface area contributed by atoms with E-state index in [0.717, 1.165) is 18.5 Å². The molecule has 4 nitrogen and oxygen atoms in total. The highest BCUT2D eigenvalue weighted by molar-refractivity contribution is 5.99. The Hall–Kier alpha value is -2.25. The van der Waals surface area contributed by atoms with Crippen LogP contribution in [0, 0.1) is 18.3 Å². The Kier molecular flexibility index (Phi) is 3.39. The molecule has 5 rings (SSSR count). The van der Waals surface area contributed by atoms with Crippen LogP contribution in [0.15, 0.2) is 28.9 Å². The van der Waals surface area contributed by atoms with Gasteiger partial charge in [0.15, 0.2) is 0 Å². The molecule has 2 bridgehead atoms. The van der Waals surface area contributed by atoms with Gasteiger partial charge >= 0.3 is 0 Å². The van der Waals surface area contributed by atoms with Gasteiger partial charge < -0.3 is 9.73 Å². The quantitative estimate of drug-likeness (QED) is 0.868. The number of terminal acetylenes is 1. The summed E-state index contributed by atoms with van der Waals surface area (Å²) in [5.41, 5.74) is 2.04. The van der Waals surface area contributed by atoms with Crippen molar-refractivity contribution in [2.45, 2.75) is 31.8 Å². The molecule has 3 saturated heterocycles. The average Bonchev–Trinajstić information content (AvgIpc) is 3.00. The number of nitrogens with one attached hydrogen (secondary N) is 1. The fraction of sp³-hybridized carbons (Fsp3) is 0.421. The molecule has 1 aromatic heterocycles. The summed E-state index contributed by atoms with van der Waals surface area (Å²) < 4.78 is 5.40. The van der Waals surface area contributed by atoms with Crippen LogP contribution in [0.5, 0.6) is 0 Å². The van der Waals surface area contributed by atoms with Crippen LogP contribution in [0.2, 0.25) is 0 Å². The summed E-state index contributed by atoms with van der Waals surface area (Å²) in [4.78, 5) is 15.2. The van der Waals surface area contributed by atoms with Crippen molar-refractivity contribution in [2.75, 3.05) is 13.1 Å². The molecule has 1 N–H and O–H groups in total. The van der Waals surface area contributed by atoms with Crippen molar-refractivity contribution in [1.29, 1.82) is 0 Å². The lowest BCUT2D eigenvalue weighted by molar-refractivity contribution is 0.0217. The normalized spacial score (nSPS) is 29.4. The second-order valence-corrected chi connectivity index (χ2v) is 6.62. The zero-order valence-corrected chi connectivity index (χ0v) is 13.2. The van der Waals surface area contributed by atoms with Gasteiger partial charge in [-0.3, -0.25) is 9.69 Å². The fourth-order valence-electron chi connectivity index (χ4n) is 4.06. The summed E-state index contributed by atoms with van der Waals surface area (Å²) in [7, 11) is 0. The van der Waals surface area contributed by atoms with Crippen molar-refractivity contribution >= 4 is 16.9 Å². The third kappa shape index (κ3) is 2.32. The predicted molar refractivity (Wildman–Crippen MR) is 89.2 cm³/mol. The molecule has 3 fully saturated rings. The lowest BCUT2D eigenvalue weighted by atomic mass is 9.79. The second kappa shape index (κ2) is 5.43. The number of benzene rings is 1. The van der Waals surface area contributed by atoms with Crippen LogP contribution in [0.1, 0.15) is 35.7 Å². The van der Waals surface area contributed by atoms with Gasteiger partial charge in [0, 0.05) is 23.0 Å². The Morgan fingerprint density at radius 2 is 2.17 bits per heavy atom. The number of hydrogen-bond donors (Lipinski definition) is 1. The standard InChI is InChI=1S/C19H20N2O2/c1-3-13-11-23-17-5-4-15(10-16(13)17)19(22)20-18-12(2)21-8-6-14(18)7-9-21/h1,4-5,10-12,14,18H,6-9H2,2H3,(H,20,22)/t12-,18-/m0/s1. The van der Waals surface area contributed by atoms with Gasteiger partial charge in [-0.15, -0.1) is 6.42 Å². The maximum Gasteiger partial charge on any atom is 0.251 e. The van der Waals surface area contributed by atoms with Crippen LogP contribution < -0.4 is 5.32 Å². The molecular weight excluding hydrogens is 288 g/mol. The van der Waals surface area contributed by atoms with Crippen molar-refractivity contribution in [3.8, 4) is 12.3 Å². The minimum atomic E-state index is -0.0262. The third-order valence-corrected chi connectivity index (χ3v) is 5.47. The molecule has 23 heavy (non-hydrogen) atoms. The van der Waals surface area contributed by atoms with Crippen molar-refractivity contribution < 1.29 is 9.21 Å². The Labute approximate surface area is 135 Å². The summed E-state index contributed by atoms with van der Waals surface area (Å²) in [5, 5.41) is 4.07. The number of furan rings is 1. The summed E-state index contributed by atoms with van der Waals surface area (Å²) in [6.45, 7) is 4.53. The number of amides is 1. The van der Waals surface area contributed by atoms with E-state index in [9.17, 15) is 4.79 Å². The summed E-state index contributed by atoms with van der Waals surface area (Å²) >= 11 is 0. The molecular formula is C19H20N2O2. The zero-order chi connectivity index (χ0) is 16.0. The Bertz CT molecular complexity index is 791. The van der Waals surface area contributed by atoms with Crippen molar-refractivity contribution in [3.63, 3.8) is 0 Å². The lowest BCUT2D eigenvalue weighted by Crippen LogP contribution is -2.62. The Balaban J connectivity index is 1.58. The van der Waals surface area contributed by atoms with E-state index in [0.29, 0.717) is 28.7 Å². The summed E-state index contributed by atoms with van der Waals surface area (Å²) in [6.07, 6.45) is 9.39. The predicted octanol–water partition coefficient (Wildman–Crippen LogP) is 2.63. The first-order valence-corrected chi connectivity index (χ1v) is 8.20. The van der Waals surface area contributed by atoms with E-state index >= 15 is 0 Å². The molecule has 3 aliphatic rings. The van der Waals surface area contributed by atoms with Crippen LogP contribution in [0.3, 0.4) is 0 Å². The zero-order valence-electron chi connectivity index (χ0n) is 13.2. The first kappa shape index (κ1) is 14.3. The molecule has 4 heterocycles. The number of rotatable bonds is 2. The summed E-state index contributed by atoms with van der Waals surface area (Å²) in [5.74, 6) is 3.16. The molecule has 4 heteroatoms. The van der Waals surface area contributed by atoms with Gasteiger partial charge in [-0.1, -0.05) is 5.92 Å². The maximum absolute atomic E-state index is 12.7. The van der Waals surface area contributed by atoms with Gasteiger partial charge in [0.2, 0.25) is 0 Å². The van der Waals surface area contributed by atoms with E-state index < -0.39 is 0 Å². The van der Waals surface area contributed by atoms with Crippen LogP contribution in [0.25, 0.3) is 11.0 Å². The molecule has 1 aromatic carbocycles. The van der Waals surface area contributed by atoms with Gasteiger partial charge in [-0.2, -0.15) is 0 Å².